The van der Waals surface area contributed by atoms with Gasteiger partial charge in [0, 0.05) is 6.61 Å². The van der Waals surface area contributed by atoms with Crippen molar-refractivity contribution in [2.24, 2.45) is 5.92 Å². The zero-order chi connectivity index (χ0) is 12.2. The van der Waals surface area contributed by atoms with Gasteiger partial charge < -0.3 is 9.64 Å². The van der Waals surface area contributed by atoms with Crippen molar-refractivity contribution in [1.29, 1.82) is 0 Å². The van der Waals surface area contributed by atoms with Crippen LogP contribution in [0.15, 0.2) is 0 Å². The Balaban J connectivity index is 1.53. The van der Waals surface area contributed by atoms with Gasteiger partial charge in [0.1, 0.15) is 0 Å². The number of hydrogen-bond acceptors (Lipinski definition) is 3. The number of carbonyl (C=O) groups is 1. The topological polar surface area (TPSA) is 41.6 Å². The number of nitrogens with one attached hydrogen (secondary N) is 1. The number of ether oxygens (including phenoxy) is 1. The molecular formula is C14H22N2O2. The van der Waals surface area contributed by atoms with Gasteiger partial charge in [0.25, 0.3) is 0 Å². The molecule has 2 heterocycles. The highest BCUT2D eigenvalue weighted by atomic mass is 16.5. The van der Waals surface area contributed by atoms with Gasteiger partial charge in [-0.2, -0.15) is 0 Å². The fourth-order valence-electron chi connectivity index (χ4n) is 4.10. The Labute approximate surface area is 108 Å². The number of amides is 1. The summed E-state index contributed by atoms with van der Waals surface area (Å²) in [6.07, 6.45) is 8.40. The Morgan fingerprint density at radius 2 is 2.00 bits per heavy atom. The lowest BCUT2D eigenvalue weighted by Gasteiger charge is -2.29. The SMILES string of the molecule is O=C1N(C2CCOC2C2CC2)CNC12CCCC2. The van der Waals surface area contributed by atoms with Crippen LogP contribution in [0.3, 0.4) is 0 Å². The monoisotopic (exact) mass is 250 g/mol. The maximum absolute atomic E-state index is 12.7. The summed E-state index contributed by atoms with van der Waals surface area (Å²) in [4.78, 5) is 14.8. The third kappa shape index (κ3) is 1.55. The number of rotatable bonds is 2. The van der Waals surface area contributed by atoms with Crippen molar-refractivity contribution in [3.8, 4) is 0 Å². The van der Waals surface area contributed by atoms with Crippen molar-refractivity contribution in [3.05, 3.63) is 0 Å². The molecule has 2 atom stereocenters. The van der Waals surface area contributed by atoms with E-state index in [4.69, 9.17) is 4.74 Å². The van der Waals surface area contributed by atoms with Gasteiger partial charge in [-0.15, -0.1) is 0 Å². The van der Waals surface area contributed by atoms with Gasteiger partial charge in [-0.3, -0.25) is 10.1 Å². The van der Waals surface area contributed by atoms with E-state index in [1.54, 1.807) is 0 Å². The molecule has 4 aliphatic rings. The van der Waals surface area contributed by atoms with Gasteiger partial charge in [0.2, 0.25) is 5.91 Å². The molecule has 1 N–H and O–H groups in total. The average molecular weight is 250 g/mol. The predicted molar refractivity (Wildman–Crippen MR) is 66.9 cm³/mol. The van der Waals surface area contributed by atoms with Gasteiger partial charge in [-0.25, -0.2) is 0 Å². The van der Waals surface area contributed by atoms with Crippen LogP contribution in [0.4, 0.5) is 0 Å². The minimum absolute atomic E-state index is 0.198. The molecule has 0 bridgehead atoms. The fourth-order valence-corrected chi connectivity index (χ4v) is 4.10. The van der Waals surface area contributed by atoms with E-state index in [1.807, 2.05) is 0 Å². The number of hydrogen-bond donors (Lipinski definition) is 1. The Hall–Kier alpha value is -0.610. The van der Waals surface area contributed by atoms with Gasteiger partial charge in [0.05, 0.1) is 24.4 Å². The zero-order valence-electron chi connectivity index (χ0n) is 10.9. The number of carbonyl (C=O) groups excluding carboxylic acids is 1. The maximum Gasteiger partial charge on any atom is 0.244 e. The van der Waals surface area contributed by atoms with Gasteiger partial charge in [0.15, 0.2) is 0 Å². The molecule has 4 rings (SSSR count). The largest absolute Gasteiger partial charge is 0.376 e. The van der Waals surface area contributed by atoms with Crippen LogP contribution in [-0.2, 0) is 9.53 Å². The quantitative estimate of drug-likeness (QED) is 0.802. The van der Waals surface area contributed by atoms with Crippen LogP contribution >= 0.6 is 0 Å². The second-order valence-corrected chi connectivity index (χ2v) is 6.43. The van der Waals surface area contributed by atoms with Crippen LogP contribution in [0, 0.1) is 5.92 Å². The van der Waals surface area contributed by atoms with Crippen molar-refractivity contribution < 1.29 is 9.53 Å². The van der Waals surface area contributed by atoms with E-state index in [0.29, 0.717) is 18.1 Å². The summed E-state index contributed by atoms with van der Waals surface area (Å²) in [6.45, 7) is 1.58. The second kappa shape index (κ2) is 3.94. The summed E-state index contributed by atoms with van der Waals surface area (Å²) in [7, 11) is 0. The van der Waals surface area contributed by atoms with Crippen LogP contribution in [0.1, 0.15) is 44.9 Å². The lowest BCUT2D eigenvalue weighted by Crippen LogP contribution is -2.47. The highest BCUT2D eigenvalue weighted by molar-refractivity contribution is 5.89. The lowest BCUT2D eigenvalue weighted by atomic mass is 9.96. The molecule has 100 valence electrons. The molecule has 2 aliphatic carbocycles. The minimum atomic E-state index is -0.198. The van der Waals surface area contributed by atoms with Crippen LogP contribution < -0.4 is 5.32 Å². The molecule has 0 aromatic heterocycles. The van der Waals surface area contributed by atoms with Gasteiger partial charge in [-0.05, 0) is 38.0 Å². The molecule has 0 aromatic carbocycles. The summed E-state index contributed by atoms with van der Waals surface area (Å²) >= 11 is 0. The van der Waals surface area contributed by atoms with Crippen molar-refractivity contribution in [3.63, 3.8) is 0 Å². The minimum Gasteiger partial charge on any atom is -0.376 e. The average Bonchev–Trinajstić information content (AvgIpc) is 2.84. The van der Waals surface area contributed by atoms with E-state index in [0.717, 1.165) is 38.5 Å². The van der Waals surface area contributed by atoms with E-state index in [2.05, 4.69) is 10.2 Å². The fraction of sp³-hybridized carbons (Fsp3) is 0.929. The maximum atomic E-state index is 12.7. The first-order valence-electron chi connectivity index (χ1n) is 7.48. The highest BCUT2D eigenvalue weighted by Gasteiger charge is 2.53. The van der Waals surface area contributed by atoms with Crippen molar-refractivity contribution in [2.45, 2.75) is 62.6 Å². The number of nitrogens with zero attached hydrogens (tertiary/aromatic N) is 1. The van der Waals surface area contributed by atoms with Crippen LogP contribution in [-0.4, -0.2) is 41.8 Å². The molecule has 2 unspecified atom stereocenters. The molecule has 2 saturated heterocycles. The second-order valence-electron chi connectivity index (χ2n) is 6.43. The summed E-state index contributed by atoms with van der Waals surface area (Å²) in [6, 6.07) is 0.345. The molecule has 2 saturated carbocycles. The lowest BCUT2D eigenvalue weighted by molar-refractivity contribution is -0.135. The molecule has 0 radical (unpaired) electrons. The Morgan fingerprint density at radius 3 is 2.72 bits per heavy atom. The van der Waals surface area contributed by atoms with E-state index >= 15 is 0 Å². The molecule has 4 nitrogen and oxygen atoms in total. The van der Waals surface area contributed by atoms with Crippen LogP contribution in [0.25, 0.3) is 0 Å². The third-order valence-electron chi connectivity index (χ3n) is 5.31. The Kier molecular flexibility index (Phi) is 2.46. The molecule has 18 heavy (non-hydrogen) atoms. The normalized spacial score (nSPS) is 39.1. The summed E-state index contributed by atoms with van der Waals surface area (Å²) in [5.74, 6) is 1.09. The van der Waals surface area contributed by atoms with E-state index in [1.165, 1.54) is 25.7 Å². The molecule has 4 fully saturated rings. The first-order valence-corrected chi connectivity index (χ1v) is 7.48. The molecule has 1 spiro atoms. The summed E-state index contributed by atoms with van der Waals surface area (Å²) in [5, 5.41) is 3.51. The van der Waals surface area contributed by atoms with Crippen molar-refractivity contribution >= 4 is 5.91 Å². The Bertz CT molecular complexity index is 361. The first-order chi connectivity index (χ1) is 8.80. The Morgan fingerprint density at radius 1 is 1.22 bits per heavy atom. The van der Waals surface area contributed by atoms with Gasteiger partial charge >= 0.3 is 0 Å². The smallest absolute Gasteiger partial charge is 0.244 e. The first kappa shape index (κ1) is 11.2. The van der Waals surface area contributed by atoms with Crippen molar-refractivity contribution in [2.75, 3.05) is 13.3 Å². The molecule has 0 aromatic rings. The molecule has 2 aliphatic heterocycles. The molecule has 4 heteroatoms. The van der Waals surface area contributed by atoms with Crippen molar-refractivity contribution in [1.82, 2.24) is 10.2 Å². The van der Waals surface area contributed by atoms with Gasteiger partial charge in [-0.1, -0.05) is 12.8 Å². The zero-order valence-corrected chi connectivity index (χ0v) is 10.9. The van der Waals surface area contributed by atoms with Crippen LogP contribution in [0.2, 0.25) is 0 Å². The molecular weight excluding hydrogens is 228 g/mol. The summed E-state index contributed by atoms with van der Waals surface area (Å²) < 4.78 is 5.88. The molecule has 1 amide bonds. The van der Waals surface area contributed by atoms with E-state index < -0.39 is 0 Å². The van der Waals surface area contributed by atoms with Crippen LogP contribution in [0.5, 0.6) is 0 Å². The van der Waals surface area contributed by atoms with E-state index in [-0.39, 0.29) is 5.54 Å². The van der Waals surface area contributed by atoms with E-state index in [9.17, 15) is 4.79 Å². The predicted octanol–water partition coefficient (Wildman–Crippen LogP) is 1.26. The standard InChI is InChI=1S/C14H22N2O2/c17-13-14(6-1-2-7-14)15-9-16(13)11-5-8-18-12(11)10-3-4-10/h10-12,15H,1-9H2. The third-order valence-corrected chi connectivity index (χ3v) is 5.31. The summed E-state index contributed by atoms with van der Waals surface area (Å²) in [5.41, 5.74) is -0.198. The highest BCUT2D eigenvalue weighted by Crippen LogP contribution is 2.42.